The first-order valence-corrected chi connectivity index (χ1v) is 8.93. The van der Waals surface area contributed by atoms with E-state index in [-0.39, 0.29) is 12.5 Å². The van der Waals surface area contributed by atoms with Gasteiger partial charge >= 0.3 is 6.18 Å². The molecule has 2 rings (SSSR count). The third-order valence-electron chi connectivity index (χ3n) is 5.13. The summed E-state index contributed by atoms with van der Waals surface area (Å²) in [4.78, 5) is 12.4. The Balaban J connectivity index is 2.25. The lowest BCUT2D eigenvalue weighted by molar-refractivity contribution is -0.137. The molecule has 1 aliphatic rings. The number of amides is 1. The van der Waals surface area contributed by atoms with E-state index < -0.39 is 22.7 Å². The first kappa shape index (κ1) is 20.7. The highest BCUT2D eigenvalue weighted by Gasteiger charge is 2.38. The van der Waals surface area contributed by atoms with Crippen molar-refractivity contribution < 1.29 is 22.7 Å². The lowest BCUT2D eigenvalue weighted by Gasteiger charge is -2.39. The second-order valence-electron chi connectivity index (χ2n) is 7.32. The van der Waals surface area contributed by atoms with Crippen LogP contribution in [0.3, 0.4) is 0 Å². The van der Waals surface area contributed by atoms with E-state index in [0.717, 1.165) is 12.5 Å². The van der Waals surface area contributed by atoms with Crippen LogP contribution in [0.1, 0.15) is 50.7 Å². The van der Waals surface area contributed by atoms with Crippen LogP contribution in [-0.4, -0.2) is 31.2 Å². The molecule has 26 heavy (non-hydrogen) atoms. The molecule has 1 aliphatic heterocycles. The lowest BCUT2D eigenvalue weighted by atomic mass is 9.73. The second-order valence-corrected chi connectivity index (χ2v) is 7.32. The van der Waals surface area contributed by atoms with Crippen molar-refractivity contribution in [1.29, 1.82) is 0 Å². The van der Waals surface area contributed by atoms with E-state index in [1.54, 1.807) is 13.0 Å². The first-order valence-electron chi connectivity index (χ1n) is 8.93. The van der Waals surface area contributed by atoms with Crippen LogP contribution in [0.5, 0.6) is 0 Å². The highest BCUT2D eigenvalue weighted by molar-refractivity contribution is 5.85. The van der Waals surface area contributed by atoms with Gasteiger partial charge < -0.3 is 15.8 Å². The normalized spacial score (nSPS) is 19.6. The van der Waals surface area contributed by atoms with Crippen molar-refractivity contribution in [2.24, 2.45) is 5.73 Å². The predicted molar refractivity (Wildman–Crippen MR) is 93.7 cm³/mol. The molecule has 0 radical (unpaired) electrons. The molecule has 0 spiro atoms. The minimum absolute atomic E-state index is 0.243. The fourth-order valence-electron chi connectivity index (χ4n) is 3.44. The summed E-state index contributed by atoms with van der Waals surface area (Å²) in [6.07, 6.45) is -2.00. The standard InChI is InChI=1S/C19H27F3N2O2/c1-3-7-17(2,23)16(25)24-13-18(8-10-26-11-9-18)14-5-4-6-15(12-14)19(20,21)22/h4-6,12H,3,7-11,13,23H2,1-2H3,(H,24,25). The van der Waals surface area contributed by atoms with E-state index in [1.807, 2.05) is 6.92 Å². The summed E-state index contributed by atoms with van der Waals surface area (Å²) in [7, 11) is 0. The van der Waals surface area contributed by atoms with Crippen molar-refractivity contribution in [3.63, 3.8) is 0 Å². The van der Waals surface area contributed by atoms with Gasteiger partial charge in [0.05, 0.1) is 11.1 Å². The van der Waals surface area contributed by atoms with E-state index in [9.17, 15) is 18.0 Å². The summed E-state index contributed by atoms with van der Waals surface area (Å²) >= 11 is 0. The van der Waals surface area contributed by atoms with Crippen molar-refractivity contribution in [3.05, 3.63) is 35.4 Å². The molecular formula is C19H27F3N2O2. The van der Waals surface area contributed by atoms with Crippen LogP contribution in [0.4, 0.5) is 13.2 Å². The maximum absolute atomic E-state index is 13.1. The van der Waals surface area contributed by atoms with Gasteiger partial charge in [0.25, 0.3) is 0 Å². The van der Waals surface area contributed by atoms with Gasteiger partial charge in [0.1, 0.15) is 0 Å². The molecule has 3 N–H and O–H groups in total. The van der Waals surface area contributed by atoms with Gasteiger partial charge in [0.15, 0.2) is 0 Å². The Morgan fingerprint density at radius 2 is 1.96 bits per heavy atom. The van der Waals surface area contributed by atoms with E-state index in [4.69, 9.17) is 10.5 Å². The number of rotatable bonds is 6. The zero-order valence-corrected chi connectivity index (χ0v) is 15.3. The molecule has 0 saturated carbocycles. The fraction of sp³-hybridized carbons (Fsp3) is 0.632. The third kappa shape index (κ3) is 4.76. The molecule has 7 heteroatoms. The number of alkyl halides is 3. The molecule has 1 amide bonds. The number of nitrogens with two attached hydrogens (primary N) is 1. The molecule has 146 valence electrons. The number of nitrogens with one attached hydrogen (secondary N) is 1. The zero-order chi connectivity index (χ0) is 19.4. The number of ether oxygens (including phenoxy) is 1. The van der Waals surface area contributed by atoms with Crippen LogP contribution in [0.2, 0.25) is 0 Å². The van der Waals surface area contributed by atoms with Crippen molar-refractivity contribution in [1.82, 2.24) is 5.32 Å². The molecular weight excluding hydrogens is 345 g/mol. The number of hydrogen-bond donors (Lipinski definition) is 2. The fourth-order valence-corrected chi connectivity index (χ4v) is 3.44. The largest absolute Gasteiger partial charge is 0.416 e. The minimum Gasteiger partial charge on any atom is -0.381 e. The van der Waals surface area contributed by atoms with Crippen molar-refractivity contribution in [2.45, 2.75) is 56.7 Å². The second kappa shape index (κ2) is 7.96. The van der Waals surface area contributed by atoms with Gasteiger partial charge in [-0.1, -0.05) is 31.5 Å². The molecule has 0 aliphatic carbocycles. The number of carbonyl (C=O) groups is 1. The third-order valence-corrected chi connectivity index (χ3v) is 5.13. The number of carbonyl (C=O) groups excluding carboxylic acids is 1. The summed E-state index contributed by atoms with van der Waals surface area (Å²) in [5, 5.41) is 2.87. The monoisotopic (exact) mass is 372 g/mol. The Bertz CT molecular complexity index is 623. The van der Waals surface area contributed by atoms with Gasteiger partial charge in [-0.05, 0) is 37.8 Å². The molecule has 1 atom stereocenters. The van der Waals surface area contributed by atoms with E-state index in [1.165, 1.54) is 12.1 Å². The zero-order valence-electron chi connectivity index (χ0n) is 15.3. The summed E-state index contributed by atoms with van der Waals surface area (Å²) < 4.78 is 44.7. The van der Waals surface area contributed by atoms with Crippen molar-refractivity contribution in [2.75, 3.05) is 19.8 Å². The maximum Gasteiger partial charge on any atom is 0.416 e. The molecule has 0 bridgehead atoms. The Hall–Kier alpha value is -1.60. The molecule has 1 fully saturated rings. The van der Waals surface area contributed by atoms with Crippen LogP contribution in [0.25, 0.3) is 0 Å². The Labute approximate surface area is 152 Å². The Kier molecular flexibility index (Phi) is 6.34. The summed E-state index contributed by atoms with van der Waals surface area (Å²) in [5.74, 6) is -0.280. The van der Waals surface area contributed by atoms with Crippen LogP contribution in [-0.2, 0) is 21.1 Å². The lowest BCUT2D eigenvalue weighted by Crippen LogP contribution is -2.55. The van der Waals surface area contributed by atoms with Gasteiger partial charge in [-0.3, -0.25) is 4.79 Å². The highest BCUT2D eigenvalue weighted by atomic mass is 19.4. The van der Waals surface area contributed by atoms with E-state index in [2.05, 4.69) is 5.32 Å². The molecule has 1 unspecified atom stereocenters. The maximum atomic E-state index is 13.1. The molecule has 1 aromatic rings. The number of benzene rings is 1. The van der Waals surface area contributed by atoms with Gasteiger partial charge in [0.2, 0.25) is 5.91 Å². The smallest absolute Gasteiger partial charge is 0.381 e. The van der Waals surface area contributed by atoms with Gasteiger partial charge in [0, 0.05) is 25.2 Å². The van der Waals surface area contributed by atoms with Crippen LogP contribution in [0.15, 0.2) is 24.3 Å². The Morgan fingerprint density at radius 1 is 1.31 bits per heavy atom. The molecule has 1 heterocycles. The Morgan fingerprint density at radius 3 is 2.54 bits per heavy atom. The quantitative estimate of drug-likeness (QED) is 0.805. The van der Waals surface area contributed by atoms with Crippen molar-refractivity contribution in [3.8, 4) is 0 Å². The van der Waals surface area contributed by atoms with Gasteiger partial charge in [-0.15, -0.1) is 0 Å². The molecule has 0 aromatic heterocycles. The van der Waals surface area contributed by atoms with Gasteiger partial charge in [-0.2, -0.15) is 13.2 Å². The highest BCUT2D eigenvalue weighted by Crippen LogP contribution is 2.37. The van der Waals surface area contributed by atoms with Gasteiger partial charge in [-0.25, -0.2) is 0 Å². The first-order chi connectivity index (χ1) is 12.1. The summed E-state index contributed by atoms with van der Waals surface area (Å²) in [6.45, 7) is 4.75. The van der Waals surface area contributed by atoms with Crippen LogP contribution >= 0.6 is 0 Å². The summed E-state index contributed by atoms with van der Waals surface area (Å²) in [6, 6.07) is 5.36. The molecule has 1 saturated heterocycles. The number of hydrogen-bond acceptors (Lipinski definition) is 3. The van der Waals surface area contributed by atoms with Crippen LogP contribution in [0, 0.1) is 0 Å². The predicted octanol–water partition coefficient (Wildman–Crippen LogP) is 3.39. The SMILES string of the molecule is CCCC(C)(N)C(=O)NCC1(c2cccc(C(F)(F)F)c2)CCOCC1. The van der Waals surface area contributed by atoms with Crippen molar-refractivity contribution >= 4 is 5.91 Å². The summed E-state index contributed by atoms with van der Waals surface area (Å²) in [5.41, 5.74) is 4.38. The molecule has 4 nitrogen and oxygen atoms in total. The average molecular weight is 372 g/mol. The van der Waals surface area contributed by atoms with E-state index >= 15 is 0 Å². The topological polar surface area (TPSA) is 64.4 Å². The average Bonchev–Trinajstić information content (AvgIpc) is 2.60. The minimum atomic E-state index is -4.40. The number of halogens is 3. The van der Waals surface area contributed by atoms with E-state index in [0.29, 0.717) is 38.0 Å². The van der Waals surface area contributed by atoms with Crippen LogP contribution < -0.4 is 11.1 Å². The molecule has 1 aromatic carbocycles.